The normalized spacial score (nSPS) is 18.4. The minimum Gasteiger partial charge on any atom is -0.477 e. The Bertz CT molecular complexity index is 1400. The van der Waals surface area contributed by atoms with Crippen LogP contribution in [-0.2, 0) is 9.53 Å². The number of carbonyl (C=O) groups excluding carboxylic acids is 1. The summed E-state index contributed by atoms with van der Waals surface area (Å²) in [5, 5.41) is 15.6. The van der Waals surface area contributed by atoms with Crippen LogP contribution in [0.3, 0.4) is 0 Å². The van der Waals surface area contributed by atoms with E-state index in [9.17, 15) is 19.5 Å². The van der Waals surface area contributed by atoms with Crippen LogP contribution in [0.5, 0.6) is 0 Å². The number of aromatic carboxylic acids is 1. The lowest BCUT2D eigenvalue weighted by Crippen LogP contribution is -2.51. The SMILES string of the molecule is CC(C)(C)Nc1cc(N2CC(C(=O)CCC3CCCCO3)C2)nc2c1c(=O)c(C(=O)O)cn2-c1nccs1. The average molecular weight is 540 g/mol. The third-order valence-electron chi connectivity index (χ3n) is 6.96. The number of carboxylic acid groups (broad SMARTS) is 1. The summed E-state index contributed by atoms with van der Waals surface area (Å²) in [4.78, 5) is 49.3. The molecular formula is C27H33N5O5S. The van der Waals surface area contributed by atoms with E-state index in [1.54, 1.807) is 22.2 Å². The molecule has 11 heteroatoms. The van der Waals surface area contributed by atoms with E-state index in [2.05, 4.69) is 10.3 Å². The number of Topliss-reactive ketones (excluding diaryl/α,β-unsaturated/α-hetero) is 1. The van der Waals surface area contributed by atoms with Crippen molar-refractivity contribution in [3.8, 4) is 5.13 Å². The van der Waals surface area contributed by atoms with Gasteiger partial charge < -0.3 is 20.1 Å². The predicted molar refractivity (Wildman–Crippen MR) is 147 cm³/mol. The van der Waals surface area contributed by atoms with Crippen LogP contribution in [0.1, 0.15) is 63.2 Å². The fourth-order valence-electron chi connectivity index (χ4n) is 5.01. The Morgan fingerprint density at radius 3 is 2.68 bits per heavy atom. The summed E-state index contributed by atoms with van der Waals surface area (Å²) in [6.45, 7) is 7.78. The van der Waals surface area contributed by atoms with Gasteiger partial charge in [0, 0.05) is 55.5 Å². The van der Waals surface area contributed by atoms with Crippen molar-refractivity contribution in [2.24, 2.45) is 5.92 Å². The Kier molecular flexibility index (Phi) is 7.23. The number of carboxylic acids is 1. The van der Waals surface area contributed by atoms with E-state index in [0.29, 0.717) is 41.8 Å². The highest BCUT2D eigenvalue weighted by molar-refractivity contribution is 7.12. The first-order chi connectivity index (χ1) is 18.1. The van der Waals surface area contributed by atoms with Crippen molar-refractivity contribution in [3.63, 3.8) is 0 Å². The van der Waals surface area contributed by atoms with Crippen LogP contribution >= 0.6 is 11.3 Å². The number of carbonyl (C=O) groups is 2. The number of nitrogens with one attached hydrogen (secondary N) is 1. The number of ketones is 1. The third-order valence-corrected chi connectivity index (χ3v) is 7.73. The van der Waals surface area contributed by atoms with Gasteiger partial charge in [-0.2, -0.15) is 0 Å². The minimum absolute atomic E-state index is 0.0642. The quantitative estimate of drug-likeness (QED) is 0.435. The van der Waals surface area contributed by atoms with Gasteiger partial charge in [-0.05, 0) is 46.5 Å². The van der Waals surface area contributed by atoms with E-state index in [-0.39, 0.29) is 28.8 Å². The number of pyridine rings is 2. The van der Waals surface area contributed by atoms with Gasteiger partial charge in [-0.25, -0.2) is 14.8 Å². The molecule has 5 rings (SSSR count). The smallest absolute Gasteiger partial charge is 0.341 e. The topological polar surface area (TPSA) is 127 Å². The van der Waals surface area contributed by atoms with Gasteiger partial charge in [0.2, 0.25) is 5.43 Å². The Morgan fingerprint density at radius 1 is 1.26 bits per heavy atom. The first kappa shape index (κ1) is 26.3. The number of hydrogen-bond acceptors (Lipinski definition) is 9. The highest BCUT2D eigenvalue weighted by Gasteiger charge is 2.34. The second-order valence-electron chi connectivity index (χ2n) is 11.1. The van der Waals surface area contributed by atoms with Crippen LogP contribution in [0.25, 0.3) is 16.2 Å². The summed E-state index contributed by atoms with van der Waals surface area (Å²) in [6, 6.07) is 1.78. The van der Waals surface area contributed by atoms with Crippen LogP contribution in [0.2, 0.25) is 0 Å². The van der Waals surface area contributed by atoms with Gasteiger partial charge in [-0.3, -0.25) is 14.2 Å². The first-order valence-electron chi connectivity index (χ1n) is 13.0. The van der Waals surface area contributed by atoms with Crippen LogP contribution in [0, 0.1) is 5.92 Å². The van der Waals surface area contributed by atoms with Gasteiger partial charge in [0.1, 0.15) is 17.2 Å². The van der Waals surface area contributed by atoms with E-state index in [4.69, 9.17) is 9.72 Å². The van der Waals surface area contributed by atoms with Crippen LogP contribution in [0.15, 0.2) is 28.6 Å². The number of ether oxygens (including phenoxy) is 1. The molecule has 0 amide bonds. The Morgan fingerprint density at radius 2 is 2.05 bits per heavy atom. The van der Waals surface area contributed by atoms with Gasteiger partial charge >= 0.3 is 5.97 Å². The van der Waals surface area contributed by atoms with Crippen molar-refractivity contribution in [1.82, 2.24) is 14.5 Å². The Balaban J connectivity index is 1.47. The van der Waals surface area contributed by atoms with Crippen molar-refractivity contribution in [3.05, 3.63) is 39.6 Å². The highest BCUT2D eigenvalue weighted by atomic mass is 32.1. The van der Waals surface area contributed by atoms with E-state index < -0.39 is 16.9 Å². The van der Waals surface area contributed by atoms with E-state index in [1.807, 2.05) is 25.7 Å². The molecule has 202 valence electrons. The van der Waals surface area contributed by atoms with Crippen molar-refractivity contribution in [2.45, 2.75) is 64.5 Å². The molecule has 2 fully saturated rings. The molecule has 2 aliphatic heterocycles. The minimum atomic E-state index is -1.31. The van der Waals surface area contributed by atoms with Crippen LogP contribution < -0.4 is 15.6 Å². The maximum atomic E-state index is 13.3. The summed E-state index contributed by atoms with van der Waals surface area (Å²) in [5.74, 6) is -0.506. The maximum Gasteiger partial charge on any atom is 0.341 e. The number of hydrogen-bond donors (Lipinski definition) is 2. The summed E-state index contributed by atoms with van der Waals surface area (Å²) in [7, 11) is 0. The lowest BCUT2D eigenvalue weighted by molar-refractivity contribution is -0.124. The lowest BCUT2D eigenvalue weighted by atomic mass is 9.91. The number of rotatable bonds is 8. The average Bonchev–Trinajstić information content (AvgIpc) is 3.36. The summed E-state index contributed by atoms with van der Waals surface area (Å²) in [6.07, 6.45) is 7.68. The van der Waals surface area contributed by atoms with Gasteiger partial charge in [-0.15, -0.1) is 11.3 Å². The number of nitrogens with zero attached hydrogens (tertiary/aromatic N) is 4. The molecule has 1 unspecified atom stereocenters. The Labute approximate surface area is 224 Å². The molecule has 0 aromatic carbocycles. The zero-order chi connectivity index (χ0) is 27.0. The fraction of sp³-hybridized carbons (Fsp3) is 0.519. The fourth-order valence-corrected chi connectivity index (χ4v) is 5.63. The molecule has 3 aromatic rings. The zero-order valence-corrected chi connectivity index (χ0v) is 22.7. The summed E-state index contributed by atoms with van der Waals surface area (Å²) in [5.41, 5.74) is -0.537. The number of anilines is 2. The lowest BCUT2D eigenvalue weighted by Gasteiger charge is -2.40. The molecule has 2 N–H and O–H groups in total. The summed E-state index contributed by atoms with van der Waals surface area (Å²) < 4.78 is 7.33. The van der Waals surface area contributed by atoms with E-state index >= 15 is 0 Å². The van der Waals surface area contributed by atoms with Gasteiger partial charge in [0.25, 0.3) is 0 Å². The van der Waals surface area contributed by atoms with Crippen LogP contribution in [-0.4, -0.2) is 62.7 Å². The second-order valence-corrected chi connectivity index (χ2v) is 11.9. The first-order valence-corrected chi connectivity index (χ1v) is 13.9. The molecule has 3 aromatic heterocycles. The van der Waals surface area contributed by atoms with Crippen molar-refractivity contribution in [2.75, 3.05) is 29.9 Å². The standard InChI is InChI=1S/C27H33N5O5S/c1-27(2,3)30-19-12-21(31-13-16(14-31)20(33)8-7-17-6-4-5-10-37-17)29-24-22(19)23(34)18(25(35)36)15-32(24)26-28-9-11-38-26/h9,11-12,15-17H,4-8,10,13-14H2,1-3H3,(H,29,30)(H,35,36). The number of thiazole rings is 1. The molecule has 0 aliphatic carbocycles. The van der Waals surface area contributed by atoms with E-state index in [0.717, 1.165) is 32.3 Å². The molecule has 5 heterocycles. The molecule has 10 nitrogen and oxygen atoms in total. The summed E-state index contributed by atoms with van der Waals surface area (Å²) >= 11 is 1.32. The predicted octanol–water partition coefficient (Wildman–Crippen LogP) is 4.11. The Hall–Kier alpha value is -3.31. The van der Waals surface area contributed by atoms with Crippen LogP contribution in [0.4, 0.5) is 11.5 Å². The third kappa shape index (κ3) is 5.44. The molecule has 2 saturated heterocycles. The number of fused-ring (bicyclic) bond motifs is 1. The van der Waals surface area contributed by atoms with Crippen molar-refractivity contribution < 1.29 is 19.4 Å². The van der Waals surface area contributed by atoms with Gasteiger partial charge in [-0.1, -0.05) is 0 Å². The highest BCUT2D eigenvalue weighted by Crippen LogP contribution is 2.33. The molecule has 0 spiro atoms. The number of aromatic nitrogens is 3. The molecular weight excluding hydrogens is 506 g/mol. The molecule has 1 atom stereocenters. The monoisotopic (exact) mass is 539 g/mol. The maximum absolute atomic E-state index is 13.3. The molecule has 0 saturated carbocycles. The van der Waals surface area contributed by atoms with Crippen molar-refractivity contribution in [1.29, 1.82) is 0 Å². The second kappa shape index (κ2) is 10.5. The van der Waals surface area contributed by atoms with Gasteiger partial charge in [0.05, 0.1) is 23.1 Å². The molecule has 2 aliphatic rings. The zero-order valence-electron chi connectivity index (χ0n) is 21.9. The molecule has 0 bridgehead atoms. The van der Waals surface area contributed by atoms with Gasteiger partial charge in [0.15, 0.2) is 10.8 Å². The molecule has 0 radical (unpaired) electrons. The van der Waals surface area contributed by atoms with E-state index in [1.165, 1.54) is 17.5 Å². The molecule has 38 heavy (non-hydrogen) atoms. The largest absolute Gasteiger partial charge is 0.477 e. The van der Waals surface area contributed by atoms with Crippen molar-refractivity contribution >= 4 is 45.6 Å².